The number of carbonyl (C=O) groups is 1. The molecule has 1 aliphatic carbocycles. The van der Waals surface area contributed by atoms with E-state index in [0.717, 1.165) is 48.7 Å². The summed E-state index contributed by atoms with van der Waals surface area (Å²) < 4.78 is 1.55. The Kier molecular flexibility index (Phi) is 5.72. The molecule has 0 spiro atoms. The SMILES string of the molecule is CCCN(C(=O)CSc1nc2cc3ccccc3cc2c(=O)n1C)C1=CCCC1. The summed E-state index contributed by atoms with van der Waals surface area (Å²) in [6, 6.07) is 11.8. The summed E-state index contributed by atoms with van der Waals surface area (Å²) in [6.07, 6.45) is 6.23. The van der Waals surface area contributed by atoms with E-state index >= 15 is 0 Å². The quantitative estimate of drug-likeness (QED) is 0.343. The summed E-state index contributed by atoms with van der Waals surface area (Å²) in [5.74, 6) is 0.356. The third-order valence-electron chi connectivity index (χ3n) is 5.34. The fraction of sp³-hybridized carbons (Fsp3) is 0.348. The third-order valence-corrected chi connectivity index (χ3v) is 6.35. The molecule has 1 amide bonds. The molecule has 6 heteroatoms. The Bertz CT molecular complexity index is 1170. The Labute approximate surface area is 174 Å². The number of nitrogens with zero attached hydrogens (tertiary/aromatic N) is 3. The molecule has 0 unspecified atom stereocenters. The Hall–Kier alpha value is -2.60. The lowest BCUT2D eigenvalue weighted by atomic mass is 10.1. The summed E-state index contributed by atoms with van der Waals surface area (Å²) in [5.41, 5.74) is 1.73. The van der Waals surface area contributed by atoms with Crippen LogP contribution in [0.1, 0.15) is 32.6 Å². The molecule has 1 aromatic heterocycles. The summed E-state index contributed by atoms with van der Waals surface area (Å²) in [7, 11) is 1.72. The largest absolute Gasteiger partial charge is 0.316 e. The van der Waals surface area contributed by atoms with E-state index < -0.39 is 0 Å². The Morgan fingerprint density at radius 2 is 2.00 bits per heavy atom. The van der Waals surface area contributed by atoms with E-state index in [4.69, 9.17) is 4.98 Å². The monoisotopic (exact) mass is 407 g/mol. The Balaban J connectivity index is 1.62. The zero-order valence-electron chi connectivity index (χ0n) is 16.9. The maximum atomic E-state index is 12.9. The van der Waals surface area contributed by atoms with Crippen molar-refractivity contribution in [3.8, 4) is 0 Å². The molecule has 1 heterocycles. The van der Waals surface area contributed by atoms with Crippen LogP contribution in [0.25, 0.3) is 21.7 Å². The minimum atomic E-state index is -0.0837. The van der Waals surface area contributed by atoms with Crippen LogP contribution in [-0.4, -0.2) is 32.7 Å². The van der Waals surface area contributed by atoms with Crippen molar-refractivity contribution in [2.45, 2.75) is 37.8 Å². The van der Waals surface area contributed by atoms with Gasteiger partial charge in [0.15, 0.2) is 5.16 Å². The second-order valence-corrected chi connectivity index (χ2v) is 8.34. The lowest BCUT2D eigenvalue weighted by molar-refractivity contribution is -0.126. The maximum absolute atomic E-state index is 12.9. The zero-order valence-corrected chi connectivity index (χ0v) is 17.7. The number of amides is 1. The molecule has 0 fully saturated rings. The predicted octanol–water partition coefficient (Wildman–Crippen LogP) is 4.49. The molecule has 5 nitrogen and oxygen atoms in total. The number of rotatable bonds is 6. The van der Waals surface area contributed by atoms with Gasteiger partial charge in [-0.05, 0) is 48.6 Å². The molecule has 0 aliphatic heterocycles. The minimum absolute atomic E-state index is 0.0813. The molecule has 0 saturated carbocycles. The zero-order chi connectivity index (χ0) is 20.4. The van der Waals surface area contributed by atoms with E-state index in [1.807, 2.05) is 41.3 Å². The number of thioether (sulfide) groups is 1. The molecule has 0 atom stereocenters. The van der Waals surface area contributed by atoms with Gasteiger partial charge >= 0.3 is 0 Å². The van der Waals surface area contributed by atoms with Crippen LogP contribution in [-0.2, 0) is 11.8 Å². The molecule has 2 aromatic carbocycles. The van der Waals surface area contributed by atoms with E-state index in [9.17, 15) is 9.59 Å². The normalized spacial score (nSPS) is 13.8. The van der Waals surface area contributed by atoms with Crippen molar-refractivity contribution >= 4 is 39.3 Å². The molecule has 0 radical (unpaired) electrons. The van der Waals surface area contributed by atoms with Crippen LogP contribution >= 0.6 is 11.8 Å². The van der Waals surface area contributed by atoms with Gasteiger partial charge in [-0.1, -0.05) is 49.0 Å². The lowest BCUT2D eigenvalue weighted by Crippen LogP contribution is -2.32. The molecule has 150 valence electrons. The van der Waals surface area contributed by atoms with Gasteiger partial charge in [0.1, 0.15) is 0 Å². The van der Waals surface area contributed by atoms with E-state index in [2.05, 4.69) is 13.0 Å². The first-order valence-corrected chi connectivity index (χ1v) is 11.1. The first kappa shape index (κ1) is 19.7. The van der Waals surface area contributed by atoms with Crippen molar-refractivity contribution < 1.29 is 4.79 Å². The van der Waals surface area contributed by atoms with Crippen LogP contribution in [0.3, 0.4) is 0 Å². The van der Waals surface area contributed by atoms with Gasteiger partial charge in [0.05, 0.1) is 16.7 Å². The van der Waals surface area contributed by atoms with Gasteiger partial charge in [0.2, 0.25) is 5.91 Å². The van der Waals surface area contributed by atoms with Crippen LogP contribution in [0.4, 0.5) is 0 Å². The van der Waals surface area contributed by atoms with Gasteiger partial charge in [-0.25, -0.2) is 4.98 Å². The van der Waals surface area contributed by atoms with Crippen LogP contribution in [0.5, 0.6) is 0 Å². The maximum Gasteiger partial charge on any atom is 0.261 e. The van der Waals surface area contributed by atoms with Crippen LogP contribution < -0.4 is 5.56 Å². The van der Waals surface area contributed by atoms with Crippen LogP contribution in [0.15, 0.2) is 58.1 Å². The van der Waals surface area contributed by atoms with Crippen molar-refractivity contribution in [3.05, 3.63) is 58.5 Å². The number of hydrogen-bond acceptors (Lipinski definition) is 4. The number of fused-ring (bicyclic) bond motifs is 2. The summed E-state index contributed by atoms with van der Waals surface area (Å²) in [5, 5.41) is 3.25. The molecular formula is C23H25N3O2S. The molecule has 29 heavy (non-hydrogen) atoms. The average molecular weight is 408 g/mol. The van der Waals surface area contributed by atoms with Gasteiger partial charge in [-0.15, -0.1) is 0 Å². The van der Waals surface area contributed by atoms with E-state index in [1.54, 1.807) is 11.6 Å². The topological polar surface area (TPSA) is 55.2 Å². The lowest BCUT2D eigenvalue weighted by Gasteiger charge is -2.23. The Morgan fingerprint density at radius 1 is 1.24 bits per heavy atom. The van der Waals surface area contributed by atoms with Crippen molar-refractivity contribution in [1.29, 1.82) is 0 Å². The average Bonchev–Trinajstić information content (AvgIpc) is 3.26. The first-order chi connectivity index (χ1) is 14.1. The third kappa shape index (κ3) is 3.94. The number of aromatic nitrogens is 2. The van der Waals surface area contributed by atoms with Gasteiger partial charge in [-0.3, -0.25) is 14.2 Å². The smallest absolute Gasteiger partial charge is 0.261 e. The van der Waals surface area contributed by atoms with Crippen LogP contribution in [0.2, 0.25) is 0 Å². The first-order valence-electron chi connectivity index (χ1n) is 10.1. The number of allylic oxidation sites excluding steroid dienone is 2. The Morgan fingerprint density at radius 3 is 2.69 bits per heavy atom. The fourth-order valence-electron chi connectivity index (χ4n) is 3.82. The van der Waals surface area contributed by atoms with E-state index in [0.29, 0.717) is 16.1 Å². The highest BCUT2D eigenvalue weighted by atomic mass is 32.2. The van der Waals surface area contributed by atoms with Crippen LogP contribution in [0, 0.1) is 0 Å². The molecule has 4 rings (SSSR count). The van der Waals surface area contributed by atoms with Gasteiger partial charge in [0.25, 0.3) is 5.56 Å². The highest BCUT2D eigenvalue weighted by Crippen LogP contribution is 2.25. The van der Waals surface area contributed by atoms with Gasteiger partial charge in [0, 0.05) is 19.3 Å². The molecular weight excluding hydrogens is 382 g/mol. The molecule has 0 saturated heterocycles. The van der Waals surface area contributed by atoms with E-state index in [-0.39, 0.29) is 17.2 Å². The number of benzene rings is 2. The molecule has 0 bridgehead atoms. The van der Waals surface area contributed by atoms with Crippen molar-refractivity contribution in [1.82, 2.24) is 14.5 Å². The highest BCUT2D eigenvalue weighted by Gasteiger charge is 2.20. The summed E-state index contributed by atoms with van der Waals surface area (Å²) >= 11 is 1.34. The van der Waals surface area contributed by atoms with E-state index in [1.165, 1.54) is 11.8 Å². The second-order valence-electron chi connectivity index (χ2n) is 7.40. The summed E-state index contributed by atoms with van der Waals surface area (Å²) in [4.78, 5) is 32.4. The van der Waals surface area contributed by atoms with Crippen molar-refractivity contribution in [2.24, 2.45) is 7.05 Å². The predicted molar refractivity (Wildman–Crippen MR) is 119 cm³/mol. The second kappa shape index (κ2) is 8.41. The van der Waals surface area contributed by atoms with Gasteiger partial charge in [-0.2, -0.15) is 0 Å². The molecule has 1 aliphatic rings. The van der Waals surface area contributed by atoms with Gasteiger partial charge < -0.3 is 4.90 Å². The number of carbonyl (C=O) groups excluding carboxylic acids is 1. The molecule has 0 N–H and O–H groups in total. The standard InChI is InChI=1S/C23H25N3O2S/c1-3-12-26(18-10-6-7-11-18)21(27)15-29-23-24-20-14-17-9-5-4-8-16(17)13-19(20)22(28)25(23)2/h4-5,8-10,13-14H,3,6-7,11-12,15H2,1-2H3. The highest BCUT2D eigenvalue weighted by molar-refractivity contribution is 7.99. The fourth-order valence-corrected chi connectivity index (χ4v) is 4.67. The number of hydrogen-bond donors (Lipinski definition) is 0. The summed E-state index contributed by atoms with van der Waals surface area (Å²) in [6.45, 7) is 2.82. The van der Waals surface area contributed by atoms with Crippen molar-refractivity contribution in [2.75, 3.05) is 12.3 Å². The molecule has 3 aromatic rings. The minimum Gasteiger partial charge on any atom is -0.316 e. The van der Waals surface area contributed by atoms with Crippen molar-refractivity contribution in [3.63, 3.8) is 0 Å².